The van der Waals surface area contributed by atoms with Crippen molar-refractivity contribution in [3.05, 3.63) is 53.6 Å². The Morgan fingerprint density at radius 3 is 2.62 bits per heavy atom. The molecule has 2 aromatic carbocycles. The molecule has 2 aromatic rings. The molecule has 3 rings (SSSR count). The van der Waals surface area contributed by atoms with E-state index in [0.29, 0.717) is 17.8 Å². The lowest BCUT2D eigenvalue weighted by Gasteiger charge is -2.29. The molecule has 0 radical (unpaired) electrons. The number of fused-ring (bicyclic) bond motifs is 1. The van der Waals surface area contributed by atoms with Crippen molar-refractivity contribution in [1.82, 2.24) is 0 Å². The number of amides is 1. The van der Waals surface area contributed by atoms with Gasteiger partial charge in [-0.25, -0.2) is 8.42 Å². The molecule has 0 spiro atoms. The van der Waals surface area contributed by atoms with Crippen molar-refractivity contribution < 1.29 is 13.2 Å². The van der Waals surface area contributed by atoms with E-state index in [4.69, 9.17) is 0 Å². The maximum atomic E-state index is 12.6. The molecule has 1 amide bonds. The highest BCUT2D eigenvalue weighted by Gasteiger charge is 2.21. The van der Waals surface area contributed by atoms with E-state index >= 15 is 0 Å². The summed E-state index contributed by atoms with van der Waals surface area (Å²) in [7, 11) is -3.63. The molecule has 1 heterocycles. The second-order valence-corrected chi connectivity index (χ2v) is 7.64. The molecular formula is C18H20N2O3S. The fraction of sp³-hybridized carbons (Fsp3) is 0.278. The van der Waals surface area contributed by atoms with E-state index in [1.807, 2.05) is 18.2 Å². The molecule has 6 heteroatoms. The van der Waals surface area contributed by atoms with E-state index < -0.39 is 10.0 Å². The van der Waals surface area contributed by atoms with Gasteiger partial charge in [0.15, 0.2) is 0 Å². The summed E-state index contributed by atoms with van der Waals surface area (Å²) >= 11 is 0. The van der Waals surface area contributed by atoms with Crippen molar-refractivity contribution in [3.63, 3.8) is 0 Å². The quantitative estimate of drug-likeness (QED) is 0.930. The number of nitrogens with zero attached hydrogens (tertiary/aromatic N) is 1. The summed E-state index contributed by atoms with van der Waals surface area (Å²) in [5.41, 5.74) is 3.07. The van der Waals surface area contributed by atoms with E-state index in [-0.39, 0.29) is 10.8 Å². The Bertz CT molecular complexity index is 891. The van der Waals surface area contributed by atoms with Crippen LogP contribution in [0, 0.1) is 6.92 Å². The van der Waals surface area contributed by atoms with Gasteiger partial charge in [-0.2, -0.15) is 0 Å². The van der Waals surface area contributed by atoms with Crippen LogP contribution >= 0.6 is 0 Å². The van der Waals surface area contributed by atoms with Gasteiger partial charge in [0.2, 0.25) is 5.91 Å². The first-order chi connectivity index (χ1) is 11.4. The zero-order valence-corrected chi connectivity index (χ0v) is 14.6. The number of hydrogen-bond acceptors (Lipinski definition) is 3. The molecule has 0 aromatic heterocycles. The van der Waals surface area contributed by atoms with Crippen LogP contribution in [0.4, 0.5) is 11.4 Å². The van der Waals surface area contributed by atoms with Gasteiger partial charge in [-0.15, -0.1) is 0 Å². The predicted molar refractivity (Wildman–Crippen MR) is 94.8 cm³/mol. The summed E-state index contributed by atoms with van der Waals surface area (Å²) in [6.45, 7) is 4.02. The van der Waals surface area contributed by atoms with Gasteiger partial charge in [-0.1, -0.05) is 18.2 Å². The van der Waals surface area contributed by atoms with E-state index in [2.05, 4.69) is 4.72 Å². The monoisotopic (exact) mass is 344 g/mol. The van der Waals surface area contributed by atoms with E-state index in [1.54, 1.807) is 43.0 Å². The van der Waals surface area contributed by atoms with Gasteiger partial charge in [0, 0.05) is 24.8 Å². The van der Waals surface area contributed by atoms with Crippen LogP contribution in [0.15, 0.2) is 47.4 Å². The number of aryl methyl sites for hydroxylation is 2. The summed E-state index contributed by atoms with van der Waals surface area (Å²) in [5, 5.41) is 0. The van der Waals surface area contributed by atoms with Gasteiger partial charge in [0.05, 0.1) is 4.90 Å². The Hall–Kier alpha value is -2.34. The Morgan fingerprint density at radius 2 is 1.92 bits per heavy atom. The lowest BCUT2D eigenvalue weighted by Crippen LogP contribution is -2.33. The van der Waals surface area contributed by atoms with Gasteiger partial charge in [0.25, 0.3) is 10.0 Å². The molecule has 126 valence electrons. The fourth-order valence-electron chi connectivity index (χ4n) is 3.06. The third kappa shape index (κ3) is 3.14. The van der Waals surface area contributed by atoms with Gasteiger partial charge in [0.1, 0.15) is 0 Å². The van der Waals surface area contributed by atoms with Gasteiger partial charge in [-0.05, 0) is 55.2 Å². The minimum Gasteiger partial charge on any atom is -0.312 e. The minimum atomic E-state index is -3.63. The second kappa shape index (κ2) is 6.28. The molecule has 1 N–H and O–H groups in total. The Labute approximate surface area is 142 Å². The standard InChI is InChI=1S/C18H20N2O3S/c1-13-6-3-4-8-18(13)24(22,23)19-16-9-10-17-15(12-16)7-5-11-20(17)14(2)21/h3-4,6,8-10,12,19H,5,7,11H2,1-2H3. The molecule has 0 atom stereocenters. The molecule has 0 bridgehead atoms. The van der Waals surface area contributed by atoms with Gasteiger partial charge < -0.3 is 4.90 Å². The largest absolute Gasteiger partial charge is 0.312 e. The molecule has 24 heavy (non-hydrogen) atoms. The SMILES string of the molecule is CC(=O)N1CCCc2cc(NS(=O)(=O)c3ccccc3C)ccc21. The minimum absolute atomic E-state index is 0.00388. The summed E-state index contributed by atoms with van der Waals surface area (Å²) in [6.07, 6.45) is 1.71. The highest BCUT2D eigenvalue weighted by atomic mass is 32.2. The number of sulfonamides is 1. The summed E-state index contributed by atoms with van der Waals surface area (Å²) in [6, 6.07) is 12.2. The molecule has 0 unspecified atom stereocenters. The zero-order valence-electron chi connectivity index (χ0n) is 13.7. The first-order valence-corrected chi connectivity index (χ1v) is 9.36. The zero-order chi connectivity index (χ0) is 17.3. The van der Waals surface area contributed by atoms with Crippen molar-refractivity contribution in [3.8, 4) is 0 Å². The van der Waals surface area contributed by atoms with Crippen LogP contribution in [-0.2, 0) is 21.2 Å². The number of carbonyl (C=O) groups excluding carboxylic acids is 1. The molecule has 0 aliphatic carbocycles. The highest BCUT2D eigenvalue weighted by Crippen LogP contribution is 2.30. The predicted octanol–water partition coefficient (Wildman–Crippen LogP) is 3.09. The molecule has 1 aliphatic heterocycles. The van der Waals surface area contributed by atoms with Crippen LogP contribution in [0.5, 0.6) is 0 Å². The summed E-state index contributed by atoms with van der Waals surface area (Å²) in [5.74, 6) is 0.00388. The van der Waals surface area contributed by atoms with Crippen molar-refractivity contribution in [2.75, 3.05) is 16.2 Å². The Morgan fingerprint density at radius 1 is 1.17 bits per heavy atom. The average Bonchev–Trinajstić information content (AvgIpc) is 2.53. The highest BCUT2D eigenvalue weighted by molar-refractivity contribution is 7.92. The first-order valence-electron chi connectivity index (χ1n) is 7.88. The third-order valence-electron chi connectivity index (χ3n) is 4.21. The third-order valence-corrected chi connectivity index (χ3v) is 5.76. The normalized spacial score (nSPS) is 14.2. The number of hydrogen-bond donors (Lipinski definition) is 1. The topological polar surface area (TPSA) is 66.5 Å². The number of anilines is 2. The lowest BCUT2D eigenvalue weighted by atomic mass is 10.0. The van der Waals surface area contributed by atoms with Gasteiger partial charge in [-0.3, -0.25) is 9.52 Å². The molecular weight excluding hydrogens is 324 g/mol. The van der Waals surface area contributed by atoms with E-state index in [0.717, 1.165) is 24.1 Å². The number of benzene rings is 2. The van der Waals surface area contributed by atoms with Crippen molar-refractivity contribution in [1.29, 1.82) is 0 Å². The molecule has 5 nitrogen and oxygen atoms in total. The maximum absolute atomic E-state index is 12.6. The fourth-order valence-corrected chi connectivity index (χ4v) is 4.35. The summed E-state index contributed by atoms with van der Waals surface area (Å²) in [4.78, 5) is 13.7. The molecule has 1 aliphatic rings. The van der Waals surface area contributed by atoms with Crippen LogP contribution in [0.2, 0.25) is 0 Å². The number of carbonyl (C=O) groups is 1. The van der Waals surface area contributed by atoms with E-state index in [9.17, 15) is 13.2 Å². The maximum Gasteiger partial charge on any atom is 0.262 e. The van der Waals surface area contributed by atoms with Gasteiger partial charge >= 0.3 is 0 Å². The molecule has 0 fully saturated rings. The van der Waals surface area contributed by atoms with E-state index in [1.165, 1.54) is 0 Å². The van der Waals surface area contributed by atoms with Crippen LogP contribution in [0.25, 0.3) is 0 Å². The number of nitrogens with one attached hydrogen (secondary N) is 1. The number of rotatable bonds is 3. The van der Waals surface area contributed by atoms with Crippen molar-refractivity contribution in [2.24, 2.45) is 0 Å². The first kappa shape index (κ1) is 16.5. The average molecular weight is 344 g/mol. The lowest BCUT2D eigenvalue weighted by molar-refractivity contribution is -0.116. The Balaban J connectivity index is 1.92. The molecule has 0 saturated heterocycles. The van der Waals surface area contributed by atoms with Crippen LogP contribution < -0.4 is 9.62 Å². The molecule has 0 saturated carbocycles. The summed E-state index contributed by atoms with van der Waals surface area (Å²) < 4.78 is 27.8. The smallest absolute Gasteiger partial charge is 0.262 e. The van der Waals surface area contributed by atoms with Crippen LogP contribution in [-0.4, -0.2) is 20.9 Å². The van der Waals surface area contributed by atoms with Crippen LogP contribution in [0.1, 0.15) is 24.5 Å². The van der Waals surface area contributed by atoms with Crippen LogP contribution in [0.3, 0.4) is 0 Å². The Kier molecular flexibility index (Phi) is 4.32. The second-order valence-electron chi connectivity index (χ2n) is 5.99. The van der Waals surface area contributed by atoms with Crippen molar-refractivity contribution >= 4 is 27.3 Å². The van der Waals surface area contributed by atoms with Crippen molar-refractivity contribution in [2.45, 2.75) is 31.6 Å².